The first kappa shape index (κ1) is 13.3. The topological polar surface area (TPSA) is 71.5 Å². The molecule has 2 N–H and O–H groups in total. The van der Waals surface area contributed by atoms with Gasteiger partial charge in [0.2, 0.25) is 11.8 Å². The Bertz CT molecular complexity index is 731. The van der Waals surface area contributed by atoms with E-state index in [1.165, 1.54) is 0 Å². The smallest absolute Gasteiger partial charge is 0.231 e. The zero-order chi connectivity index (χ0) is 15.1. The quantitative estimate of drug-likeness (QED) is 0.877. The Morgan fingerprint density at radius 2 is 2.05 bits per heavy atom. The second-order valence-corrected chi connectivity index (χ2v) is 5.72. The third kappa shape index (κ3) is 2.05. The van der Waals surface area contributed by atoms with Gasteiger partial charge in [-0.15, -0.1) is 0 Å². The van der Waals surface area contributed by atoms with Gasteiger partial charge in [-0.2, -0.15) is 0 Å². The number of pyridine rings is 1. The van der Waals surface area contributed by atoms with E-state index in [1.807, 2.05) is 30.3 Å². The fourth-order valence-electron chi connectivity index (χ4n) is 3.26. The summed E-state index contributed by atoms with van der Waals surface area (Å²) in [5, 5.41) is 13.2. The van der Waals surface area contributed by atoms with Gasteiger partial charge in [-0.3, -0.25) is 4.79 Å². The average Bonchev–Trinajstić information content (AvgIpc) is 3.09. The molecule has 0 saturated carbocycles. The number of aliphatic hydroxyl groups is 1. The number of aliphatic hydroxyl groups excluding tert-OH is 1. The fraction of sp³-hybridized carbons (Fsp3) is 0.294. The van der Waals surface area contributed by atoms with Gasteiger partial charge in [0.05, 0.1) is 12.1 Å². The number of hydrogen-bond donors (Lipinski definition) is 2. The predicted molar refractivity (Wildman–Crippen MR) is 79.5 cm³/mol. The molecule has 1 aromatic heterocycles. The summed E-state index contributed by atoms with van der Waals surface area (Å²) >= 11 is 0. The number of aromatic nitrogens is 1. The Balaban J connectivity index is 1.56. The lowest BCUT2D eigenvalue weighted by atomic mass is 10.0. The molecule has 22 heavy (non-hydrogen) atoms. The Morgan fingerprint density at radius 1 is 1.23 bits per heavy atom. The predicted octanol–water partition coefficient (Wildman–Crippen LogP) is 1.33. The van der Waals surface area contributed by atoms with Crippen molar-refractivity contribution in [1.29, 1.82) is 0 Å². The number of amides is 1. The van der Waals surface area contributed by atoms with Crippen molar-refractivity contribution in [3.8, 4) is 5.88 Å². The largest absolute Gasteiger partial charge is 0.476 e. The van der Waals surface area contributed by atoms with Crippen LogP contribution in [-0.2, 0) is 11.2 Å². The van der Waals surface area contributed by atoms with Crippen LogP contribution in [0, 0.1) is 0 Å². The third-order valence-corrected chi connectivity index (χ3v) is 4.38. The molecule has 2 aromatic rings. The van der Waals surface area contributed by atoms with E-state index in [0.29, 0.717) is 18.9 Å². The van der Waals surface area contributed by atoms with E-state index in [1.54, 1.807) is 12.3 Å². The van der Waals surface area contributed by atoms with Crippen molar-refractivity contribution in [1.82, 2.24) is 10.3 Å². The van der Waals surface area contributed by atoms with Gasteiger partial charge in [0.15, 0.2) is 0 Å². The molecule has 2 heterocycles. The highest BCUT2D eigenvalue weighted by molar-refractivity contribution is 5.85. The van der Waals surface area contributed by atoms with Crippen LogP contribution in [0.2, 0.25) is 0 Å². The van der Waals surface area contributed by atoms with Crippen LogP contribution in [0.25, 0.3) is 0 Å². The van der Waals surface area contributed by atoms with E-state index in [2.05, 4.69) is 10.3 Å². The summed E-state index contributed by atoms with van der Waals surface area (Å²) in [7, 11) is 0. The first-order valence-corrected chi connectivity index (χ1v) is 7.38. The molecular formula is C17H16N2O3. The molecule has 4 rings (SSSR count). The summed E-state index contributed by atoms with van der Waals surface area (Å²) in [6.45, 7) is 0.294. The molecule has 0 unspecified atom stereocenters. The number of nitrogens with one attached hydrogen (secondary N) is 1. The van der Waals surface area contributed by atoms with E-state index in [-0.39, 0.29) is 17.9 Å². The van der Waals surface area contributed by atoms with Gasteiger partial charge in [-0.05, 0) is 17.2 Å². The molecule has 112 valence electrons. The molecule has 5 heteroatoms. The van der Waals surface area contributed by atoms with Crippen molar-refractivity contribution in [2.24, 2.45) is 0 Å². The SMILES string of the molecule is O=C(N[C@H]1c2ccccc2C[C@H]1O)[C@H]1COc2ncccc21. The van der Waals surface area contributed by atoms with Gasteiger partial charge in [0.1, 0.15) is 12.5 Å². The van der Waals surface area contributed by atoms with Gasteiger partial charge in [-0.1, -0.05) is 30.3 Å². The Morgan fingerprint density at radius 3 is 2.95 bits per heavy atom. The van der Waals surface area contributed by atoms with Crippen LogP contribution in [-0.4, -0.2) is 28.7 Å². The first-order valence-electron chi connectivity index (χ1n) is 7.38. The van der Waals surface area contributed by atoms with Crippen LogP contribution < -0.4 is 10.1 Å². The molecule has 1 amide bonds. The van der Waals surface area contributed by atoms with Crippen LogP contribution in [0.5, 0.6) is 5.88 Å². The van der Waals surface area contributed by atoms with E-state index < -0.39 is 6.10 Å². The lowest BCUT2D eigenvalue weighted by Crippen LogP contribution is -2.37. The number of carbonyl (C=O) groups is 1. The Hall–Kier alpha value is -2.40. The Kier molecular flexibility index (Phi) is 3.08. The molecule has 0 saturated heterocycles. The minimum Gasteiger partial charge on any atom is -0.476 e. The summed E-state index contributed by atoms with van der Waals surface area (Å²) in [5.41, 5.74) is 2.89. The maximum atomic E-state index is 12.6. The molecule has 1 aromatic carbocycles. The van der Waals surface area contributed by atoms with Gasteiger partial charge in [-0.25, -0.2) is 4.98 Å². The van der Waals surface area contributed by atoms with E-state index in [9.17, 15) is 9.90 Å². The molecule has 3 atom stereocenters. The van der Waals surface area contributed by atoms with Crippen LogP contribution in [0.3, 0.4) is 0 Å². The highest BCUT2D eigenvalue weighted by Gasteiger charge is 2.36. The molecular weight excluding hydrogens is 280 g/mol. The summed E-state index contributed by atoms with van der Waals surface area (Å²) in [6, 6.07) is 11.1. The van der Waals surface area contributed by atoms with Crippen molar-refractivity contribution in [2.75, 3.05) is 6.61 Å². The second-order valence-electron chi connectivity index (χ2n) is 5.72. The standard InChI is InChI=1S/C17H16N2O3/c20-14-8-10-4-1-2-5-11(10)15(14)19-16(21)13-9-22-17-12(13)6-3-7-18-17/h1-7,13-15,20H,8-9H2,(H,19,21)/t13-,14+,15-/m0/s1. The van der Waals surface area contributed by atoms with Crippen LogP contribution >= 0.6 is 0 Å². The molecule has 0 bridgehead atoms. The van der Waals surface area contributed by atoms with E-state index in [4.69, 9.17) is 4.74 Å². The lowest BCUT2D eigenvalue weighted by Gasteiger charge is -2.20. The molecule has 0 fully saturated rings. The van der Waals surface area contributed by atoms with Gasteiger partial charge < -0.3 is 15.2 Å². The number of hydrogen-bond acceptors (Lipinski definition) is 4. The normalized spacial score (nSPS) is 25.2. The van der Waals surface area contributed by atoms with Crippen molar-refractivity contribution in [2.45, 2.75) is 24.5 Å². The lowest BCUT2D eigenvalue weighted by molar-refractivity contribution is -0.124. The molecule has 1 aliphatic heterocycles. The van der Waals surface area contributed by atoms with Crippen LogP contribution in [0.15, 0.2) is 42.6 Å². The first-order chi connectivity index (χ1) is 10.7. The third-order valence-electron chi connectivity index (χ3n) is 4.38. The van der Waals surface area contributed by atoms with Crippen LogP contribution in [0.4, 0.5) is 0 Å². The zero-order valence-corrected chi connectivity index (χ0v) is 11.9. The fourth-order valence-corrected chi connectivity index (χ4v) is 3.26. The minimum atomic E-state index is -0.586. The number of ether oxygens (including phenoxy) is 1. The highest BCUT2D eigenvalue weighted by Crippen LogP contribution is 2.35. The number of nitrogens with zero attached hydrogens (tertiary/aromatic N) is 1. The van der Waals surface area contributed by atoms with Crippen molar-refractivity contribution < 1.29 is 14.6 Å². The van der Waals surface area contributed by atoms with E-state index in [0.717, 1.165) is 16.7 Å². The molecule has 0 spiro atoms. The highest BCUT2D eigenvalue weighted by atomic mass is 16.5. The average molecular weight is 296 g/mol. The molecule has 0 radical (unpaired) electrons. The molecule has 1 aliphatic carbocycles. The van der Waals surface area contributed by atoms with Gasteiger partial charge in [0, 0.05) is 18.2 Å². The maximum absolute atomic E-state index is 12.6. The van der Waals surface area contributed by atoms with Crippen molar-refractivity contribution in [3.05, 3.63) is 59.3 Å². The summed E-state index contributed by atoms with van der Waals surface area (Å²) in [4.78, 5) is 16.7. The number of fused-ring (bicyclic) bond motifs is 2. The number of benzene rings is 1. The van der Waals surface area contributed by atoms with Crippen molar-refractivity contribution in [3.63, 3.8) is 0 Å². The Labute approximate surface area is 128 Å². The minimum absolute atomic E-state index is 0.132. The van der Waals surface area contributed by atoms with Gasteiger partial charge in [0.25, 0.3) is 0 Å². The van der Waals surface area contributed by atoms with E-state index >= 15 is 0 Å². The summed E-state index contributed by atoms with van der Waals surface area (Å²) in [5.74, 6) is 0.0196. The van der Waals surface area contributed by atoms with Gasteiger partial charge >= 0.3 is 0 Å². The molecule has 5 nitrogen and oxygen atoms in total. The summed E-state index contributed by atoms with van der Waals surface area (Å²) < 4.78 is 5.46. The molecule has 2 aliphatic rings. The van der Waals surface area contributed by atoms with Crippen LogP contribution in [0.1, 0.15) is 28.7 Å². The monoisotopic (exact) mass is 296 g/mol. The summed E-state index contributed by atoms with van der Waals surface area (Å²) in [6.07, 6.45) is 1.63. The number of carbonyl (C=O) groups excluding carboxylic acids is 1. The zero-order valence-electron chi connectivity index (χ0n) is 11.9. The maximum Gasteiger partial charge on any atom is 0.231 e. The number of rotatable bonds is 2. The second kappa shape index (κ2) is 5.10. The van der Waals surface area contributed by atoms with Crippen molar-refractivity contribution >= 4 is 5.91 Å².